The van der Waals surface area contributed by atoms with Crippen LogP contribution in [0.4, 0.5) is 0 Å². The number of nitriles is 1. The van der Waals surface area contributed by atoms with Crippen LogP contribution < -0.4 is 0 Å². The van der Waals surface area contributed by atoms with E-state index in [4.69, 9.17) is 0 Å². The molecule has 9 aliphatic carbocycles. The molecule has 306 valence electrons. The number of hydrogen-bond donors (Lipinski definition) is 0. The highest BCUT2D eigenvalue weighted by atomic mass is 16.1. The molecule has 2 aromatic heterocycles. The van der Waals surface area contributed by atoms with Crippen LogP contribution >= 0.6 is 0 Å². The standard InChI is InChI=1S/C64H34N2O/c65-29-30-25-49-53(56-50(30)51-31-13-1-3-15-33(31)52(56)34-16-4-2-14-32(34)51)43-27-42-54(59-37-19-7-11-23-46(37)63(59)44-21-9-6-18-36(44)58(42)63)55-41-26-39-40(28-48(41)66(49)61(43)55)62(67)60-38-20-8-12-24-47(38)64(60)45-22-10-5-17-35(45)57(39)64/h1-28,51-52,57-60H. The summed E-state index contributed by atoms with van der Waals surface area (Å²) in [4.78, 5) is 15.6. The Morgan fingerprint density at radius 1 is 0.418 bits per heavy atom. The van der Waals surface area contributed by atoms with E-state index in [1.54, 1.807) is 0 Å². The third-order valence-corrected chi connectivity index (χ3v) is 19.2. The minimum atomic E-state index is -0.343. The molecule has 20 rings (SSSR count). The summed E-state index contributed by atoms with van der Waals surface area (Å²) in [6.07, 6.45) is 0. The lowest BCUT2D eigenvalue weighted by atomic mass is 9.36. The lowest BCUT2D eigenvalue weighted by Crippen LogP contribution is -2.61. The molecule has 0 radical (unpaired) electrons. The number of carbonyl (C=O) groups is 1. The van der Waals surface area contributed by atoms with Gasteiger partial charge in [-0.15, -0.1) is 0 Å². The van der Waals surface area contributed by atoms with E-state index in [1.165, 1.54) is 122 Å². The molecule has 2 bridgehead atoms. The highest BCUT2D eigenvalue weighted by Crippen LogP contribution is 2.79. The zero-order chi connectivity index (χ0) is 43.1. The van der Waals surface area contributed by atoms with Crippen molar-refractivity contribution in [2.24, 2.45) is 0 Å². The number of hydrogen-bond acceptors (Lipinski definition) is 2. The van der Waals surface area contributed by atoms with Crippen LogP contribution in [0.15, 0.2) is 170 Å². The monoisotopic (exact) mass is 846 g/mol. The molecule has 0 fully saturated rings. The van der Waals surface area contributed by atoms with E-state index in [2.05, 4.69) is 180 Å². The molecule has 6 atom stereocenters. The number of fused-ring (bicyclic) bond motifs is 20. The molecule has 0 saturated carbocycles. The summed E-state index contributed by atoms with van der Waals surface area (Å²) in [5.74, 6) is 0.530. The van der Waals surface area contributed by atoms with E-state index in [0.717, 1.165) is 22.2 Å². The highest BCUT2D eigenvalue weighted by Gasteiger charge is 2.71. The van der Waals surface area contributed by atoms with Gasteiger partial charge in [-0.2, -0.15) is 5.26 Å². The molecule has 9 aromatic carbocycles. The Hall–Kier alpha value is -8.06. The van der Waals surface area contributed by atoms with Gasteiger partial charge in [0.2, 0.25) is 0 Å². The minimum absolute atomic E-state index is 0.00957. The molecular weight excluding hydrogens is 813 g/mol. The minimum Gasteiger partial charge on any atom is -0.308 e. The van der Waals surface area contributed by atoms with Gasteiger partial charge in [-0.25, -0.2) is 0 Å². The third-order valence-electron chi connectivity index (χ3n) is 19.2. The second kappa shape index (κ2) is 10.3. The summed E-state index contributed by atoms with van der Waals surface area (Å²) in [7, 11) is 0. The van der Waals surface area contributed by atoms with E-state index in [0.29, 0.717) is 0 Å². The molecule has 3 nitrogen and oxygen atoms in total. The van der Waals surface area contributed by atoms with Crippen molar-refractivity contribution >= 4 is 43.9 Å². The second-order valence-electron chi connectivity index (χ2n) is 21.0. The number of Topliss-reactive ketones (excluding diaryl/α,β-unsaturated/α-hetero) is 1. The van der Waals surface area contributed by atoms with Gasteiger partial charge in [-0.1, -0.05) is 146 Å². The fraction of sp³-hybridized carbons (Fsp3) is 0.125. The molecule has 6 unspecified atom stereocenters. The van der Waals surface area contributed by atoms with Gasteiger partial charge in [-0.3, -0.25) is 4.79 Å². The van der Waals surface area contributed by atoms with Crippen molar-refractivity contribution in [1.29, 1.82) is 5.26 Å². The molecule has 3 heteroatoms. The molecular formula is C64H34N2O. The third kappa shape index (κ3) is 3.05. The Kier molecular flexibility index (Phi) is 5.15. The van der Waals surface area contributed by atoms with Crippen molar-refractivity contribution in [3.63, 3.8) is 0 Å². The SMILES string of the molecule is N#Cc1cc2c(c3c1C1c4ccccc4C3c3ccccc31)c1cc3c(c4c5cc6c(cc5n2c14)C(=O)C1c2ccccc2C12c1ccccc1C62)C1c2ccccc2C12c1ccccc1C32. The maximum Gasteiger partial charge on any atom is 0.171 e. The Morgan fingerprint density at radius 3 is 1.45 bits per heavy atom. The van der Waals surface area contributed by atoms with Crippen LogP contribution in [0.3, 0.4) is 0 Å². The van der Waals surface area contributed by atoms with Crippen LogP contribution in [0.25, 0.3) is 38.1 Å². The summed E-state index contributed by atoms with van der Waals surface area (Å²) in [6.45, 7) is 0. The van der Waals surface area contributed by atoms with Crippen molar-refractivity contribution in [3.8, 4) is 6.07 Å². The van der Waals surface area contributed by atoms with Gasteiger partial charge in [0.15, 0.2) is 5.78 Å². The van der Waals surface area contributed by atoms with Crippen molar-refractivity contribution < 1.29 is 4.79 Å². The largest absolute Gasteiger partial charge is 0.308 e. The zero-order valence-electron chi connectivity index (χ0n) is 35.9. The van der Waals surface area contributed by atoms with E-state index < -0.39 is 0 Å². The molecule has 11 aromatic rings. The van der Waals surface area contributed by atoms with Crippen molar-refractivity contribution in [1.82, 2.24) is 4.40 Å². The Labute approximate surface area is 384 Å². The maximum atomic E-state index is 15.6. The summed E-state index contributed by atoms with van der Waals surface area (Å²) in [5.41, 5.74) is 27.4. The summed E-state index contributed by atoms with van der Waals surface area (Å²) in [6, 6.07) is 66.5. The second-order valence-corrected chi connectivity index (χ2v) is 21.0. The topological polar surface area (TPSA) is 45.3 Å². The predicted molar refractivity (Wildman–Crippen MR) is 261 cm³/mol. The van der Waals surface area contributed by atoms with Crippen LogP contribution in [0.1, 0.15) is 146 Å². The number of carbonyl (C=O) groups excluding carboxylic acids is 1. The number of rotatable bonds is 0. The van der Waals surface area contributed by atoms with E-state index in [1.807, 2.05) is 0 Å². The molecule has 0 amide bonds. The summed E-state index contributed by atoms with van der Waals surface area (Å²) >= 11 is 0. The fourth-order valence-corrected chi connectivity index (χ4v) is 17.4. The first kappa shape index (κ1) is 33.4. The summed E-state index contributed by atoms with van der Waals surface area (Å²) in [5, 5.41) is 16.5. The zero-order valence-corrected chi connectivity index (χ0v) is 35.9. The van der Waals surface area contributed by atoms with Crippen LogP contribution in [0.2, 0.25) is 0 Å². The molecule has 2 heterocycles. The first-order chi connectivity index (χ1) is 33.2. The first-order valence-corrected chi connectivity index (χ1v) is 24.1. The van der Waals surface area contributed by atoms with Crippen LogP contribution in [-0.4, -0.2) is 10.2 Å². The molecule has 9 aliphatic rings. The van der Waals surface area contributed by atoms with Gasteiger partial charge >= 0.3 is 0 Å². The van der Waals surface area contributed by atoms with Gasteiger partial charge in [0.25, 0.3) is 0 Å². The fourth-order valence-electron chi connectivity index (χ4n) is 17.4. The molecule has 2 spiro atoms. The number of benzene rings is 9. The number of nitrogens with zero attached hydrogens (tertiary/aromatic N) is 2. The maximum absolute atomic E-state index is 15.6. The van der Waals surface area contributed by atoms with E-state index in [9.17, 15) is 5.26 Å². The van der Waals surface area contributed by atoms with Gasteiger partial charge < -0.3 is 4.40 Å². The van der Waals surface area contributed by atoms with Crippen LogP contribution in [-0.2, 0) is 10.8 Å². The Bertz CT molecular complexity index is 4340. The number of aromatic nitrogens is 1. The molecule has 67 heavy (non-hydrogen) atoms. The van der Waals surface area contributed by atoms with Crippen molar-refractivity contribution in [2.45, 2.75) is 46.3 Å². The van der Waals surface area contributed by atoms with Gasteiger partial charge in [0.1, 0.15) is 0 Å². The quantitative estimate of drug-likeness (QED) is 0.153. The van der Waals surface area contributed by atoms with E-state index >= 15 is 4.79 Å². The van der Waals surface area contributed by atoms with E-state index in [-0.39, 0.29) is 52.1 Å². The molecule has 0 N–H and O–H groups in total. The lowest BCUT2D eigenvalue weighted by molar-refractivity contribution is 0.0847. The van der Waals surface area contributed by atoms with Gasteiger partial charge in [0.05, 0.1) is 34.1 Å². The van der Waals surface area contributed by atoms with Crippen molar-refractivity contribution in [2.75, 3.05) is 0 Å². The van der Waals surface area contributed by atoms with Crippen LogP contribution in [0, 0.1) is 11.3 Å². The lowest BCUT2D eigenvalue weighted by Gasteiger charge is -2.64. The van der Waals surface area contributed by atoms with Crippen molar-refractivity contribution in [3.05, 3.63) is 276 Å². The average molecular weight is 847 g/mol. The summed E-state index contributed by atoms with van der Waals surface area (Å²) < 4.78 is 2.51. The highest BCUT2D eigenvalue weighted by molar-refractivity contribution is 6.28. The number of ketones is 1. The Balaban J connectivity index is 1.01. The normalized spacial score (nSPS) is 26.6. The van der Waals surface area contributed by atoms with Crippen LogP contribution in [0.5, 0.6) is 0 Å². The van der Waals surface area contributed by atoms with Gasteiger partial charge in [0, 0.05) is 67.5 Å². The van der Waals surface area contributed by atoms with Gasteiger partial charge in [-0.05, 0) is 119 Å². The molecule has 0 aliphatic heterocycles. The first-order valence-electron chi connectivity index (χ1n) is 24.1. The smallest absolute Gasteiger partial charge is 0.171 e. The average Bonchev–Trinajstić information content (AvgIpc) is 3.93. The predicted octanol–water partition coefficient (Wildman–Crippen LogP) is 13.3. The molecule has 0 saturated heterocycles. The Morgan fingerprint density at radius 2 is 0.881 bits per heavy atom.